The molecule has 1 heterocycles. The molecule has 0 radical (unpaired) electrons. The molecule has 1 aliphatic rings. The molecule has 1 N–H and O–H groups in total. The van der Waals surface area contributed by atoms with E-state index in [0.717, 1.165) is 0 Å². The molecule has 13 heavy (non-hydrogen) atoms. The molecule has 0 aliphatic carbocycles. The Balaban J connectivity index is 3.01. The Morgan fingerprint density at radius 3 is 2.54 bits per heavy atom. The number of nitrogens with one attached hydrogen (secondary N) is 1. The first kappa shape index (κ1) is 9.79. The van der Waals surface area contributed by atoms with E-state index in [0.29, 0.717) is 18.7 Å². The first-order chi connectivity index (χ1) is 6.11. The molecule has 1 aliphatic heterocycles. The summed E-state index contributed by atoms with van der Waals surface area (Å²) < 4.78 is 0. The van der Waals surface area contributed by atoms with E-state index < -0.39 is 0 Å². The highest BCUT2D eigenvalue weighted by molar-refractivity contribution is 5.07. The monoisotopic (exact) mass is 186 g/mol. The van der Waals surface area contributed by atoms with Gasteiger partial charge in [-0.25, -0.2) is 0 Å². The highest BCUT2D eigenvalue weighted by Gasteiger charge is 2.34. The van der Waals surface area contributed by atoms with Crippen molar-refractivity contribution in [3.8, 4) is 0 Å². The van der Waals surface area contributed by atoms with Crippen LogP contribution in [0.2, 0.25) is 0 Å². The Kier molecular flexibility index (Phi) is 2.72. The average molecular weight is 186 g/mol. The molecule has 0 amide bonds. The van der Waals surface area contributed by atoms with Crippen molar-refractivity contribution in [1.82, 2.24) is 15.6 Å². The van der Waals surface area contributed by atoms with Crippen LogP contribution in [0.15, 0.2) is 11.5 Å². The van der Waals surface area contributed by atoms with Crippen LogP contribution in [0.1, 0.15) is 20.3 Å². The van der Waals surface area contributed by atoms with Crippen molar-refractivity contribution in [3.05, 3.63) is 21.6 Å². The fraction of sp³-hybridized carbons (Fsp3) is 0.714. The van der Waals surface area contributed by atoms with E-state index in [1.54, 1.807) is 12.1 Å². The minimum absolute atomic E-state index is 0.160. The van der Waals surface area contributed by atoms with Crippen molar-refractivity contribution in [2.75, 3.05) is 13.6 Å². The summed E-state index contributed by atoms with van der Waals surface area (Å²) in [4.78, 5) is 10.4. The van der Waals surface area contributed by atoms with Gasteiger partial charge in [0.15, 0.2) is 0 Å². The van der Waals surface area contributed by atoms with Crippen LogP contribution >= 0.6 is 0 Å². The summed E-state index contributed by atoms with van der Waals surface area (Å²) in [6.07, 6.45) is 0.649. The van der Waals surface area contributed by atoms with Crippen LogP contribution in [0.5, 0.6) is 0 Å². The molecule has 6 heteroatoms. The number of allylic oxidation sites excluding steroid dienone is 1. The molecule has 0 aromatic heterocycles. The highest BCUT2D eigenvalue weighted by Crippen LogP contribution is 2.20. The van der Waals surface area contributed by atoms with Crippen molar-refractivity contribution < 1.29 is 4.92 Å². The molecular weight excluding hydrogens is 172 g/mol. The van der Waals surface area contributed by atoms with Crippen molar-refractivity contribution in [2.45, 2.75) is 20.3 Å². The second-order valence-corrected chi connectivity index (χ2v) is 2.78. The first-order valence-electron chi connectivity index (χ1n) is 4.26. The van der Waals surface area contributed by atoms with Gasteiger partial charge in [0.25, 0.3) is 0 Å². The Morgan fingerprint density at radius 2 is 2.15 bits per heavy atom. The van der Waals surface area contributed by atoms with Gasteiger partial charge in [0.05, 0.1) is 0 Å². The average Bonchev–Trinajstić information content (AvgIpc) is 2.41. The van der Waals surface area contributed by atoms with Gasteiger partial charge in [-0.15, -0.1) is 0 Å². The van der Waals surface area contributed by atoms with Gasteiger partial charge in [-0.2, -0.15) is 5.01 Å². The van der Waals surface area contributed by atoms with Gasteiger partial charge in [-0.05, 0) is 18.3 Å². The summed E-state index contributed by atoms with van der Waals surface area (Å²) in [7, 11) is 1.78. The zero-order chi connectivity index (χ0) is 10.0. The van der Waals surface area contributed by atoms with Gasteiger partial charge in [-0.3, -0.25) is 5.01 Å². The maximum absolute atomic E-state index is 10.7. The Labute approximate surface area is 76.9 Å². The molecule has 0 aromatic rings. The normalized spacial score (nSPS) is 17.2. The number of hydrogen-bond donors (Lipinski definition) is 1. The summed E-state index contributed by atoms with van der Waals surface area (Å²) in [6, 6.07) is 0. The third-order valence-electron chi connectivity index (χ3n) is 2.01. The summed E-state index contributed by atoms with van der Waals surface area (Å²) >= 11 is 0. The predicted molar refractivity (Wildman–Crippen MR) is 47.6 cm³/mol. The minimum Gasteiger partial charge on any atom is -0.358 e. The zero-order valence-electron chi connectivity index (χ0n) is 8.07. The quantitative estimate of drug-likeness (QED) is 0.514. The largest absolute Gasteiger partial charge is 0.358 e. The number of rotatable bonds is 3. The summed E-state index contributed by atoms with van der Waals surface area (Å²) in [5.74, 6) is 0.160. The van der Waals surface area contributed by atoms with Gasteiger partial charge in [0.1, 0.15) is 12.2 Å². The van der Waals surface area contributed by atoms with E-state index in [-0.39, 0.29) is 10.7 Å². The maximum Gasteiger partial charge on any atom is 0.358 e. The lowest BCUT2D eigenvalue weighted by atomic mass is 10.3. The third-order valence-corrected chi connectivity index (χ3v) is 2.01. The molecule has 74 valence electrons. The molecule has 0 saturated heterocycles. The number of hydrazine groups is 2. The van der Waals surface area contributed by atoms with Crippen molar-refractivity contribution >= 4 is 0 Å². The molecule has 0 unspecified atom stereocenters. The molecule has 0 spiro atoms. The van der Waals surface area contributed by atoms with Gasteiger partial charge in [0.2, 0.25) is 0 Å². The second-order valence-electron chi connectivity index (χ2n) is 2.78. The zero-order valence-corrected chi connectivity index (χ0v) is 8.07. The van der Waals surface area contributed by atoms with Crippen molar-refractivity contribution in [2.24, 2.45) is 0 Å². The van der Waals surface area contributed by atoms with Crippen LogP contribution in [0.25, 0.3) is 0 Å². The van der Waals surface area contributed by atoms with E-state index in [4.69, 9.17) is 0 Å². The highest BCUT2D eigenvalue weighted by atomic mass is 16.6. The maximum atomic E-state index is 10.7. The van der Waals surface area contributed by atoms with Crippen molar-refractivity contribution in [3.63, 3.8) is 0 Å². The first-order valence-corrected chi connectivity index (χ1v) is 4.26. The molecular formula is C7H14N4O2. The molecule has 0 bridgehead atoms. The fourth-order valence-electron chi connectivity index (χ4n) is 1.41. The van der Waals surface area contributed by atoms with Crippen LogP contribution in [0.4, 0.5) is 0 Å². The van der Waals surface area contributed by atoms with Crippen LogP contribution < -0.4 is 5.53 Å². The lowest BCUT2D eigenvalue weighted by Crippen LogP contribution is -2.39. The van der Waals surface area contributed by atoms with Crippen LogP contribution in [0.3, 0.4) is 0 Å². The van der Waals surface area contributed by atoms with E-state index in [9.17, 15) is 10.1 Å². The Bertz CT molecular complexity index is 251. The summed E-state index contributed by atoms with van der Waals surface area (Å²) in [5, 5.41) is 13.9. The van der Waals surface area contributed by atoms with Crippen LogP contribution in [-0.2, 0) is 0 Å². The molecule has 0 atom stereocenters. The SMILES string of the molecule is CCC1=C([N+](=O)[O-])N(CC)NN1C. The molecule has 0 fully saturated rings. The smallest absolute Gasteiger partial charge is 0.358 e. The lowest BCUT2D eigenvalue weighted by molar-refractivity contribution is -0.447. The third kappa shape index (κ3) is 1.57. The van der Waals surface area contributed by atoms with Gasteiger partial charge in [0, 0.05) is 7.05 Å². The molecule has 0 aromatic carbocycles. The van der Waals surface area contributed by atoms with Gasteiger partial charge in [-0.1, -0.05) is 12.5 Å². The summed E-state index contributed by atoms with van der Waals surface area (Å²) in [6.45, 7) is 4.34. The molecule has 1 rings (SSSR count). The van der Waals surface area contributed by atoms with Gasteiger partial charge >= 0.3 is 5.82 Å². The molecule has 6 nitrogen and oxygen atoms in total. The van der Waals surface area contributed by atoms with E-state index in [2.05, 4.69) is 5.53 Å². The standard InChI is InChI=1S/C7H14N4O2/c1-4-6-7(11(12)13)10(5-2)8-9(6)3/h8H,4-5H2,1-3H3. The fourth-order valence-corrected chi connectivity index (χ4v) is 1.41. The van der Waals surface area contributed by atoms with E-state index in [1.807, 2.05) is 13.8 Å². The topological polar surface area (TPSA) is 61.7 Å². The van der Waals surface area contributed by atoms with Crippen LogP contribution in [-0.4, -0.2) is 28.5 Å². The van der Waals surface area contributed by atoms with Crippen LogP contribution in [0, 0.1) is 10.1 Å². The Hall–Kier alpha value is -1.30. The van der Waals surface area contributed by atoms with E-state index >= 15 is 0 Å². The second kappa shape index (κ2) is 3.61. The minimum atomic E-state index is -0.348. The Morgan fingerprint density at radius 1 is 1.54 bits per heavy atom. The molecule has 0 saturated carbocycles. The van der Waals surface area contributed by atoms with Crippen molar-refractivity contribution in [1.29, 1.82) is 0 Å². The van der Waals surface area contributed by atoms with E-state index in [1.165, 1.54) is 5.01 Å². The summed E-state index contributed by atoms with van der Waals surface area (Å²) in [5.41, 5.74) is 3.60. The van der Waals surface area contributed by atoms with Gasteiger partial charge < -0.3 is 10.1 Å². The number of nitro groups is 1. The predicted octanol–water partition coefficient (Wildman–Crippen LogP) is 0.529. The number of hydrogen-bond acceptors (Lipinski definition) is 5. The number of nitrogens with zero attached hydrogens (tertiary/aromatic N) is 3. The lowest BCUT2D eigenvalue weighted by Gasteiger charge is -2.13.